The van der Waals surface area contributed by atoms with E-state index in [-0.39, 0.29) is 5.13 Å². The summed E-state index contributed by atoms with van der Waals surface area (Å²) < 4.78 is 14.0. The highest BCUT2D eigenvalue weighted by Crippen LogP contribution is 2.35. The Morgan fingerprint density at radius 2 is 1.91 bits per heavy atom. The average molecular weight is 590 g/mol. The van der Waals surface area contributed by atoms with Crippen molar-refractivity contribution in [2.45, 2.75) is 34.2 Å². The molecule has 3 N–H and O–H groups in total. The fourth-order valence-corrected chi connectivity index (χ4v) is 5.68. The molecule has 0 radical (unpaired) electrons. The number of pyridine rings is 1. The van der Waals surface area contributed by atoms with Gasteiger partial charge in [-0.15, -0.1) is 11.3 Å². The van der Waals surface area contributed by atoms with Crippen LogP contribution in [-0.4, -0.2) is 26.7 Å². The summed E-state index contributed by atoms with van der Waals surface area (Å²) in [5.74, 6) is 0. The number of thiophene rings is 1. The lowest BCUT2D eigenvalue weighted by molar-refractivity contribution is 0.657. The third kappa shape index (κ3) is 7.08. The molecule has 0 aliphatic heterocycles. The van der Waals surface area contributed by atoms with Crippen molar-refractivity contribution in [3.63, 3.8) is 0 Å². The molecule has 0 saturated heterocycles. The average Bonchev–Trinajstić information content (AvgIpc) is 3.73. The van der Waals surface area contributed by atoms with Crippen molar-refractivity contribution in [2.24, 2.45) is 0 Å². The van der Waals surface area contributed by atoms with Crippen molar-refractivity contribution in [1.82, 2.24) is 25.5 Å². The molecule has 218 valence electrons. The molecular formula is C36H36FN5S. The summed E-state index contributed by atoms with van der Waals surface area (Å²) in [5, 5.41) is 11.9. The van der Waals surface area contributed by atoms with Gasteiger partial charge in [0.2, 0.25) is 0 Å². The Hall–Kier alpha value is -4.59. The highest BCUT2D eigenvalue weighted by atomic mass is 32.1. The molecule has 5 rings (SSSR count). The molecule has 43 heavy (non-hydrogen) atoms. The van der Waals surface area contributed by atoms with E-state index in [1.165, 1.54) is 17.2 Å². The molecule has 1 aromatic carbocycles. The first-order chi connectivity index (χ1) is 20.9. The van der Waals surface area contributed by atoms with Crippen LogP contribution < -0.4 is 5.32 Å². The lowest BCUT2D eigenvalue weighted by atomic mass is 10.0. The van der Waals surface area contributed by atoms with Gasteiger partial charge in [0.05, 0.1) is 11.4 Å². The second kappa shape index (κ2) is 13.6. The molecular weight excluding hydrogens is 553 g/mol. The van der Waals surface area contributed by atoms with Gasteiger partial charge in [0, 0.05) is 51.9 Å². The first-order valence-electron chi connectivity index (χ1n) is 14.3. The van der Waals surface area contributed by atoms with Crippen LogP contribution in [0.4, 0.5) is 4.39 Å². The van der Waals surface area contributed by atoms with E-state index >= 15 is 0 Å². The number of benzene rings is 1. The summed E-state index contributed by atoms with van der Waals surface area (Å²) in [5.41, 5.74) is 10.9. The Morgan fingerprint density at radius 3 is 2.60 bits per heavy atom. The van der Waals surface area contributed by atoms with Crippen LogP contribution in [0.1, 0.15) is 48.0 Å². The van der Waals surface area contributed by atoms with Crippen LogP contribution in [0.25, 0.3) is 33.6 Å². The van der Waals surface area contributed by atoms with E-state index in [4.69, 9.17) is 0 Å². The Balaban J connectivity index is 1.45. The Labute approximate surface area is 256 Å². The summed E-state index contributed by atoms with van der Waals surface area (Å²) in [6.07, 6.45) is 12.1. The topological polar surface area (TPSA) is 69.4 Å². The summed E-state index contributed by atoms with van der Waals surface area (Å²) in [4.78, 5) is 9.07. The second-order valence-corrected chi connectivity index (χ2v) is 11.6. The predicted octanol–water partition coefficient (Wildman–Crippen LogP) is 9.17. The quantitative estimate of drug-likeness (QED) is 0.135. The number of halogens is 1. The summed E-state index contributed by atoms with van der Waals surface area (Å²) in [6, 6.07) is 17.9. The number of nitrogens with one attached hydrogen (secondary N) is 3. The van der Waals surface area contributed by atoms with Gasteiger partial charge in [0.15, 0.2) is 10.8 Å². The van der Waals surface area contributed by atoms with E-state index in [1.54, 1.807) is 0 Å². The molecule has 5 aromatic rings. The molecule has 5 nitrogen and oxygen atoms in total. The molecule has 0 bridgehead atoms. The number of fused-ring (bicyclic) bond motifs is 1. The number of hydrogen-bond donors (Lipinski definition) is 3. The molecule has 4 heterocycles. The van der Waals surface area contributed by atoms with E-state index < -0.39 is 0 Å². The van der Waals surface area contributed by atoms with Crippen molar-refractivity contribution in [1.29, 1.82) is 0 Å². The molecule has 4 aromatic heterocycles. The number of aryl methyl sites for hydroxylation is 1. The van der Waals surface area contributed by atoms with E-state index in [0.717, 1.165) is 73.1 Å². The van der Waals surface area contributed by atoms with Crippen LogP contribution in [0.15, 0.2) is 109 Å². The van der Waals surface area contributed by atoms with Gasteiger partial charge in [-0.1, -0.05) is 72.9 Å². The monoisotopic (exact) mass is 589 g/mol. The number of H-pyrrole nitrogens is 2. The normalized spacial score (nSPS) is 12.6. The third-order valence-electron chi connectivity index (χ3n) is 7.15. The van der Waals surface area contributed by atoms with Crippen molar-refractivity contribution in [2.75, 3.05) is 6.54 Å². The molecule has 0 aliphatic rings. The van der Waals surface area contributed by atoms with E-state index in [0.29, 0.717) is 12.2 Å². The molecule has 0 atom stereocenters. The van der Waals surface area contributed by atoms with Crippen molar-refractivity contribution >= 4 is 33.5 Å². The van der Waals surface area contributed by atoms with Crippen molar-refractivity contribution in [3.8, 4) is 11.4 Å². The molecule has 0 fully saturated rings. The SMILES string of the molecule is C=C/C(=C\C(=C/C)c1cnc2n[nH]c(-c3cc(/C(=C\C=C(C)C)c4ccc(F)s4)c(C)[nH]3)c2c1)CNCc1ccccc1. The molecule has 7 heteroatoms. The molecule has 0 saturated carbocycles. The van der Waals surface area contributed by atoms with Crippen LogP contribution in [0.3, 0.4) is 0 Å². The van der Waals surface area contributed by atoms with Crippen LogP contribution >= 0.6 is 11.3 Å². The standard InChI is InChI=1S/C36H36FN5S/c1-6-25(20-38-21-26-11-9-8-10-12-26)17-27(7-2)28-18-31-35(41-42-36(31)39-22-28)32-19-30(24(5)40-32)29(14-13-23(3)4)33-15-16-34(37)43-33/h6-19,22,38,40H,1,20-21H2,2-5H3,(H,39,41,42)/b25-17+,27-7+,29-14+. The van der Waals surface area contributed by atoms with Gasteiger partial charge >= 0.3 is 0 Å². The van der Waals surface area contributed by atoms with Crippen LogP contribution in [0, 0.1) is 12.1 Å². The fraction of sp³-hybridized carbons (Fsp3) is 0.167. The maximum Gasteiger partial charge on any atom is 0.181 e. The zero-order chi connectivity index (χ0) is 30.3. The van der Waals surface area contributed by atoms with Gasteiger partial charge in [-0.05, 0) is 68.7 Å². The number of aromatic nitrogens is 4. The number of aromatic amines is 2. The van der Waals surface area contributed by atoms with Crippen molar-refractivity contribution < 1.29 is 4.39 Å². The van der Waals surface area contributed by atoms with E-state index in [1.807, 2.05) is 64.2 Å². The van der Waals surface area contributed by atoms with Gasteiger partial charge < -0.3 is 10.3 Å². The Morgan fingerprint density at radius 1 is 1.09 bits per heavy atom. The predicted molar refractivity (Wildman–Crippen MR) is 179 cm³/mol. The van der Waals surface area contributed by atoms with Gasteiger partial charge in [-0.25, -0.2) is 4.98 Å². The highest BCUT2D eigenvalue weighted by Gasteiger charge is 2.18. The van der Waals surface area contributed by atoms with Gasteiger partial charge in [-0.3, -0.25) is 5.10 Å². The molecule has 0 spiro atoms. The van der Waals surface area contributed by atoms with Crippen LogP contribution in [0.2, 0.25) is 0 Å². The zero-order valence-corrected chi connectivity index (χ0v) is 25.8. The number of hydrogen-bond acceptors (Lipinski definition) is 4. The molecule has 0 amide bonds. The van der Waals surface area contributed by atoms with Gasteiger partial charge in [0.25, 0.3) is 0 Å². The largest absolute Gasteiger partial charge is 0.357 e. The highest BCUT2D eigenvalue weighted by molar-refractivity contribution is 7.11. The maximum atomic E-state index is 14.0. The van der Waals surface area contributed by atoms with E-state index in [2.05, 4.69) is 80.6 Å². The first-order valence-corrected chi connectivity index (χ1v) is 15.1. The van der Waals surface area contributed by atoms with Crippen LogP contribution in [0.5, 0.6) is 0 Å². The smallest absolute Gasteiger partial charge is 0.181 e. The van der Waals surface area contributed by atoms with Crippen molar-refractivity contribution in [3.05, 3.63) is 141 Å². The maximum absolute atomic E-state index is 14.0. The minimum atomic E-state index is -0.204. The number of allylic oxidation sites excluding steroid dienone is 6. The minimum absolute atomic E-state index is 0.204. The lowest BCUT2D eigenvalue weighted by Crippen LogP contribution is -2.15. The minimum Gasteiger partial charge on any atom is -0.357 e. The van der Waals surface area contributed by atoms with Gasteiger partial charge in [0.1, 0.15) is 0 Å². The summed E-state index contributed by atoms with van der Waals surface area (Å²) in [7, 11) is 0. The Bertz CT molecular complexity index is 1860. The number of rotatable bonds is 11. The first kappa shape index (κ1) is 29.9. The van der Waals surface area contributed by atoms with Crippen LogP contribution in [-0.2, 0) is 6.54 Å². The zero-order valence-electron chi connectivity index (χ0n) is 25.0. The van der Waals surface area contributed by atoms with Gasteiger partial charge in [-0.2, -0.15) is 9.49 Å². The summed E-state index contributed by atoms with van der Waals surface area (Å²) >= 11 is 1.15. The third-order valence-corrected chi connectivity index (χ3v) is 8.06. The fourth-order valence-electron chi connectivity index (χ4n) is 4.91. The summed E-state index contributed by atoms with van der Waals surface area (Å²) in [6.45, 7) is 13.7. The Kier molecular flexibility index (Phi) is 9.45. The molecule has 0 aliphatic carbocycles. The number of nitrogens with zero attached hydrogens (tertiary/aromatic N) is 2. The lowest BCUT2D eigenvalue weighted by Gasteiger charge is -2.08. The second-order valence-electron chi connectivity index (χ2n) is 10.6. The van der Waals surface area contributed by atoms with E-state index in [9.17, 15) is 4.39 Å². The molecule has 0 unspecified atom stereocenters.